The van der Waals surface area contributed by atoms with Gasteiger partial charge in [-0.2, -0.15) is 0 Å². The monoisotopic (exact) mass is 499 g/mol. The standard InChI is InChI=1S/C26H27Cl2N3O3/c1-33-22-5-2-4-19(16-22)18-34-24(20-7-9-21(27)10-8-20)17-30-12-14-31(15-13-30)26(32)23-6-3-11-29-25(23)28/h2-11,16,24H,12-15,17-18H2,1H3/t24-/m1/s1. The smallest absolute Gasteiger partial charge is 0.257 e. The number of carbonyl (C=O) groups is 1. The van der Waals surface area contributed by atoms with Crippen LogP contribution in [0.3, 0.4) is 0 Å². The molecule has 2 aromatic carbocycles. The Morgan fingerprint density at radius 1 is 1.03 bits per heavy atom. The van der Waals surface area contributed by atoms with Gasteiger partial charge in [-0.15, -0.1) is 0 Å². The van der Waals surface area contributed by atoms with E-state index in [2.05, 4.69) is 9.88 Å². The first-order chi connectivity index (χ1) is 16.5. The fourth-order valence-corrected chi connectivity index (χ4v) is 4.30. The molecule has 0 aliphatic carbocycles. The van der Waals surface area contributed by atoms with E-state index < -0.39 is 0 Å². The minimum absolute atomic E-state index is 0.0822. The number of rotatable bonds is 8. The number of carbonyl (C=O) groups excluding carboxylic acids is 1. The van der Waals surface area contributed by atoms with Crippen LogP contribution >= 0.6 is 23.2 Å². The first kappa shape index (κ1) is 24.5. The van der Waals surface area contributed by atoms with E-state index in [-0.39, 0.29) is 17.2 Å². The summed E-state index contributed by atoms with van der Waals surface area (Å²) in [5.41, 5.74) is 2.55. The van der Waals surface area contributed by atoms with E-state index in [0.717, 1.165) is 30.0 Å². The molecule has 2 heterocycles. The second-order valence-electron chi connectivity index (χ2n) is 8.14. The molecule has 6 nitrogen and oxygen atoms in total. The van der Waals surface area contributed by atoms with Crippen LogP contribution in [0, 0.1) is 0 Å². The fraction of sp³-hybridized carbons (Fsp3) is 0.308. The van der Waals surface area contributed by atoms with Gasteiger partial charge in [0, 0.05) is 43.9 Å². The molecule has 1 saturated heterocycles. The molecule has 3 aromatic rings. The van der Waals surface area contributed by atoms with E-state index in [4.69, 9.17) is 32.7 Å². The lowest BCUT2D eigenvalue weighted by atomic mass is 10.1. The van der Waals surface area contributed by atoms with Gasteiger partial charge < -0.3 is 14.4 Å². The Balaban J connectivity index is 1.40. The van der Waals surface area contributed by atoms with Gasteiger partial charge in [0.05, 0.1) is 25.4 Å². The average molecular weight is 500 g/mol. The number of amides is 1. The van der Waals surface area contributed by atoms with Crippen molar-refractivity contribution >= 4 is 29.1 Å². The third-order valence-corrected chi connectivity index (χ3v) is 6.45. The summed E-state index contributed by atoms with van der Waals surface area (Å²) in [4.78, 5) is 21.0. The quantitative estimate of drug-likeness (QED) is 0.403. The SMILES string of the molecule is COc1cccc(CO[C@H](CN2CCN(C(=O)c3cccnc3Cl)CC2)c2ccc(Cl)cc2)c1. The molecular formula is C26H27Cl2N3O3. The summed E-state index contributed by atoms with van der Waals surface area (Å²) in [6, 6.07) is 19.1. The number of halogens is 2. The van der Waals surface area contributed by atoms with E-state index in [1.54, 1.807) is 25.4 Å². The summed E-state index contributed by atoms with van der Waals surface area (Å²) < 4.78 is 11.7. The van der Waals surface area contributed by atoms with Gasteiger partial charge in [0.25, 0.3) is 5.91 Å². The lowest BCUT2D eigenvalue weighted by Crippen LogP contribution is -2.49. The summed E-state index contributed by atoms with van der Waals surface area (Å²) in [5.74, 6) is 0.722. The number of ether oxygens (including phenoxy) is 2. The Morgan fingerprint density at radius 3 is 2.50 bits per heavy atom. The summed E-state index contributed by atoms with van der Waals surface area (Å²) in [6.07, 6.45) is 1.44. The van der Waals surface area contributed by atoms with Crippen molar-refractivity contribution in [3.8, 4) is 5.75 Å². The molecule has 0 spiro atoms. The van der Waals surface area contributed by atoms with Gasteiger partial charge in [-0.05, 0) is 47.5 Å². The molecule has 1 amide bonds. The molecule has 8 heteroatoms. The zero-order chi connectivity index (χ0) is 23.9. The first-order valence-corrected chi connectivity index (χ1v) is 11.9. The lowest BCUT2D eigenvalue weighted by Gasteiger charge is -2.36. The van der Waals surface area contributed by atoms with Gasteiger partial charge in [0.1, 0.15) is 10.9 Å². The highest BCUT2D eigenvalue weighted by Crippen LogP contribution is 2.25. The largest absolute Gasteiger partial charge is 0.497 e. The van der Waals surface area contributed by atoms with Crippen LogP contribution in [0.1, 0.15) is 27.6 Å². The number of benzene rings is 2. The van der Waals surface area contributed by atoms with E-state index in [1.807, 2.05) is 53.4 Å². The van der Waals surface area contributed by atoms with Gasteiger partial charge in [-0.3, -0.25) is 9.69 Å². The number of pyridine rings is 1. The third kappa shape index (κ3) is 6.27. The Labute approximate surface area is 210 Å². The molecule has 178 valence electrons. The van der Waals surface area contributed by atoms with Crippen LogP contribution in [0.5, 0.6) is 5.75 Å². The van der Waals surface area contributed by atoms with Crippen molar-refractivity contribution < 1.29 is 14.3 Å². The summed E-state index contributed by atoms with van der Waals surface area (Å²) >= 11 is 12.2. The molecule has 1 aliphatic heterocycles. The molecule has 1 aliphatic rings. The Morgan fingerprint density at radius 2 is 1.79 bits per heavy atom. The molecule has 0 bridgehead atoms. The number of aromatic nitrogens is 1. The maximum atomic E-state index is 12.9. The second kappa shape index (κ2) is 11.7. The molecule has 0 radical (unpaired) electrons. The van der Waals surface area contributed by atoms with Crippen molar-refractivity contribution in [2.75, 3.05) is 39.8 Å². The molecule has 1 atom stereocenters. The Hall–Kier alpha value is -2.64. The molecule has 34 heavy (non-hydrogen) atoms. The number of hydrogen-bond donors (Lipinski definition) is 0. The fourth-order valence-electron chi connectivity index (χ4n) is 3.97. The molecule has 0 saturated carbocycles. The highest BCUT2D eigenvalue weighted by atomic mass is 35.5. The van der Waals surface area contributed by atoms with Gasteiger partial charge >= 0.3 is 0 Å². The molecule has 4 rings (SSSR count). The van der Waals surface area contributed by atoms with E-state index in [0.29, 0.717) is 36.8 Å². The zero-order valence-corrected chi connectivity index (χ0v) is 20.5. The second-order valence-corrected chi connectivity index (χ2v) is 8.93. The average Bonchev–Trinajstić information content (AvgIpc) is 2.87. The minimum Gasteiger partial charge on any atom is -0.497 e. The molecule has 1 aromatic heterocycles. The predicted molar refractivity (Wildman–Crippen MR) is 134 cm³/mol. The van der Waals surface area contributed by atoms with Crippen molar-refractivity contribution in [3.05, 3.63) is 93.7 Å². The molecule has 1 fully saturated rings. The summed E-state index contributed by atoms with van der Waals surface area (Å²) in [6.45, 7) is 3.90. The molecule has 0 N–H and O–H groups in total. The van der Waals surface area contributed by atoms with Crippen molar-refractivity contribution in [1.82, 2.24) is 14.8 Å². The number of piperazine rings is 1. The topological polar surface area (TPSA) is 54.9 Å². The van der Waals surface area contributed by atoms with Crippen LogP contribution in [0.4, 0.5) is 0 Å². The number of methoxy groups -OCH3 is 1. The van der Waals surface area contributed by atoms with E-state index in [9.17, 15) is 4.79 Å². The van der Waals surface area contributed by atoms with Crippen LogP contribution in [-0.4, -0.2) is 60.5 Å². The first-order valence-electron chi connectivity index (χ1n) is 11.2. The van der Waals surface area contributed by atoms with Crippen LogP contribution in [0.15, 0.2) is 66.9 Å². The highest BCUT2D eigenvalue weighted by molar-refractivity contribution is 6.32. The highest BCUT2D eigenvalue weighted by Gasteiger charge is 2.26. The van der Waals surface area contributed by atoms with Crippen LogP contribution in [-0.2, 0) is 11.3 Å². The van der Waals surface area contributed by atoms with Gasteiger partial charge in [0.15, 0.2) is 0 Å². The number of hydrogen-bond acceptors (Lipinski definition) is 5. The van der Waals surface area contributed by atoms with Gasteiger partial charge in [0.2, 0.25) is 0 Å². The van der Waals surface area contributed by atoms with Gasteiger partial charge in [-0.25, -0.2) is 4.98 Å². The predicted octanol–water partition coefficient (Wildman–Crippen LogP) is 5.11. The lowest BCUT2D eigenvalue weighted by molar-refractivity contribution is 0.00337. The zero-order valence-electron chi connectivity index (χ0n) is 19.0. The Kier molecular flexibility index (Phi) is 8.40. The van der Waals surface area contributed by atoms with Crippen LogP contribution < -0.4 is 4.74 Å². The molecular weight excluding hydrogens is 473 g/mol. The maximum Gasteiger partial charge on any atom is 0.257 e. The van der Waals surface area contributed by atoms with Crippen molar-refractivity contribution in [2.24, 2.45) is 0 Å². The summed E-state index contributed by atoms with van der Waals surface area (Å²) in [5, 5.41) is 0.931. The third-order valence-electron chi connectivity index (χ3n) is 5.90. The van der Waals surface area contributed by atoms with Crippen molar-refractivity contribution in [3.63, 3.8) is 0 Å². The maximum absolute atomic E-state index is 12.9. The van der Waals surface area contributed by atoms with Gasteiger partial charge in [-0.1, -0.05) is 47.5 Å². The van der Waals surface area contributed by atoms with Crippen LogP contribution in [0.25, 0.3) is 0 Å². The van der Waals surface area contributed by atoms with Crippen molar-refractivity contribution in [2.45, 2.75) is 12.7 Å². The number of nitrogens with zero attached hydrogens (tertiary/aromatic N) is 3. The minimum atomic E-state index is -0.140. The molecule has 0 unspecified atom stereocenters. The Bertz CT molecular complexity index is 1100. The van der Waals surface area contributed by atoms with E-state index in [1.165, 1.54) is 0 Å². The summed E-state index contributed by atoms with van der Waals surface area (Å²) in [7, 11) is 1.66. The normalized spacial score (nSPS) is 15.2. The van der Waals surface area contributed by atoms with Crippen LogP contribution in [0.2, 0.25) is 10.2 Å². The van der Waals surface area contributed by atoms with E-state index >= 15 is 0 Å². The van der Waals surface area contributed by atoms with Crippen molar-refractivity contribution in [1.29, 1.82) is 0 Å².